The number of nitrogens with one attached hydrogen (secondary N) is 1. The number of rotatable bonds is 2. The van der Waals surface area contributed by atoms with E-state index in [9.17, 15) is 0 Å². The molecule has 4 heteroatoms. The van der Waals surface area contributed by atoms with Crippen LogP contribution in [0.2, 0.25) is 0 Å². The molecule has 0 radical (unpaired) electrons. The Morgan fingerprint density at radius 3 is 3.06 bits per heavy atom. The van der Waals surface area contributed by atoms with Gasteiger partial charge in [0.1, 0.15) is 12.4 Å². The largest absolute Gasteiger partial charge is 0.472 e. The number of fused-ring (bicyclic) bond motifs is 1. The van der Waals surface area contributed by atoms with Crippen LogP contribution in [0.1, 0.15) is 13.3 Å². The summed E-state index contributed by atoms with van der Waals surface area (Å²) in [6.45, 7) is 4.19. The second-order valence-corrected chi connectivity index (χ2v) is 4.82. The van der Waals surface area contributed by atoms with Gasteiger partial charge >= 0.3 is 0 Å². The van der Waals surface area contributed by atoms with Gasteiger partial charge in [-0.2, -0.15) is 0 Å². The maximum Gasteiger partial charge on any atom is 0.224 e. The minimum atomic E-state index is 0.192. The lowest BCUT2D eigenvalue weighted by Crippen LogP contribution is -2.43. The fourth-order valence-electron chi connectivity index (χ4n) is 2.34. The average Bonchev–Trinajstić information content (AvgIpc) is 2.42. The fourth-order valence-corrected chi connectivity index (χ4v) is 2.34. The van der Waals surface area contributed by atoms with E-state index in [1.54, 1.807) is 6.33 Å². The van der Waals surface area contributed by atoms with Crippen molar-refractivity contribution in [2.24, 2.45) is 5.92 Å². The van der Waals surface area contributed by atoms with Crippen LogP contribution in [0, 0.1) is 5.92 Å². The van der Waals surface area contributed by atoms with Crippen LogP contribution in [-0.2, 0) is 0 Å². The number of benzene rings is 1. The number of aromatic nitrogens is 2. The molecule has 3 rings (SSSR count). The van der Waals surface area contributed by atoms with Crippen LogP contribution in [-0.4, -0.2) is 29.2 Å². The van der Waals surface area contributed by atoms with Crippen molar-refractivity contribution in [3.63, 3.8) is 0 Å². The van der Waals surface area contributed by atoms with Gasteiger partial charge in [-0.05, 0) is 31.0 Å². The van der Waals surface area contributed by atoms with Crippen LogP contribution in [0.15, 0.2) is 30.6 Å². The molecule has 4 nitrogen and oxygen atoms in total. The normalized spacial score (nSPS) is 24.1. The summed E-state index contributed by atoms with van der Waals surface area (Å²) in [5.74, 6) is 1.25. The quantitative estimate of drug-likeness (QED) is 0.876. The number of nitrogens with zero attached hydrogens (tertiary/aromatic N) is 2. The van der Waals surface area contributed by atoms with E-state index in [2.05, 4.69) is 22.2 Å². The second-order valence-electron chi connectivity index (χ2n) is 4.82. The first kappa shape index (κ1) is 11.4. The molecule has 2 atom stereocenters. The minimum absolute atomic E-state index is 0.192. The molecular formula is C14H17N3O. The Morgan fingerprint density at radius 1 is 1.28 bits per heavy atom. The average molecular weight is 243 g/mol. The fraction of sp³-hybridized carbons (Fsp3) is 0.429. The third kappa shape index (κ3) is 2.16. The summed E-state index contributed by atoms with van der Waals surface area (Å²) < 4.78 is 6.07. The van der Waals surface area contributed by atoms with Gasteiger partial charge in [0.15, 0.2) is 0 Å². The highest BCUT2D eigenvalue weighted by Gasteiger charge is 2.23. The van der Waals surface area contributed by atoms with Gasteiger partial charge in [-0.15, -0.1) is 0 Å². The van der Waals surface area contributed by atoms with Gasteiger partial charge in [0.05, 0.1) is 10.9 Å². The molecular weight excluding hydrogens is 226 g/mol. The maximum absolute atomic E-state index is 6.07. The van der Waals surface area contributed by atoms with Crippen molar-refractivity contribution in [1.82, 2.24) is 15.3 Å². The van der Waals surface area contributed by atoms with Crippen molar-refractivity contribution in [1.29, 1.82) is 0 Å². The van der Waals surface area contributed by atoms with Gasteiger partial charge in [0, 0.05) is 6.54 Å². The monoisotopic (exact) mass is 243 g/mol. The van der Waals surface area contributed by atoms with Gasteiger partial charge in [-0.25, -0.2) is 9.97 Å². The van der Waals surface area contributed by atoms with E-state index in [1.807, 2.05) is 24.3 Å². The van der Waals surface area contributed by atoms with Crippen LogP contribution in [0.5, 0.6) is 5.88 Å². The highest BCUT2D eigenvalue weighted by molar-refractivity contribution is 5.82. The zero-order chi connectivity index (χ0) is 12.4. The Kier molecular flexibility index (Phi) is 3.11. The number of piperidine rings is 1. The third-order valence-corrected chi connectivity index (χ3v) is 3.53. The summed E-state index contributed by atoms with van der Waals surface area (Å²) in [5, 5.41) is 4.35. The van der Waals surface area contributed by atoms with Gasteiger partial charge in [-0.1, -0.05) is 19.1 Å². The SMILES string of the molecule is CC1CCNCC1Oc1ncnc2ccccc12. The Labute approximate surface area is 106 Å². The van der Waals surface area contributed by atoms with Gasteiger partial charge in [-0.3, -0.25) is 0 Å². The van der Waals surface area contributed by atoms with E-state index in [0.29, 0.717) is 11.8 Å². The van der Waals surface area contributed by atoms with Crippen LogP contribution in [0.3, 0.4) is 0 Å². The number of hydrogen-bond acceptors (Lipinski definition) is 4. The predicted molar refractivity (Wildman–Crippen MR) is 70.6 cm³/mol. The third-order valence-electron chi connectivity index (χ3n) is 3.53. The van der Waals surface area contributed by atoms with Gasteiger partial charge < -0.3 is 10.1 Å². The molecule has 1 aliphatic rings. The molecule has 1 aromatic heterocycles. The van der Waals surface area contributed by atoms with Crippen molar-refractivity contribution in [3.8, 4) is 5.88 Å². The summed E-state index contributed by atoms with van der Waals surface area (Å²) in [6.07, 6.45) is 2.91. The second kappa shape index (κ2) is 4.90. The van der Waals surface area contributed by atoms with Crippen LogP contribution in [0.25, 0.3) is 10.9 Å². The number of hydrogen-bond donors (Lipinski definition) is 1. The molecule has 1 aromatic carbocycles. The summed E-state index contributed by atoms with van der Waals surface area (Å²) in [7, 11) is 0. The van der Waals surface area contributed by atoms with E-state index >= 15 is 0 Å². The lowest BCUT2D eigenvalue weighted by Gasteiger charge is -2.29. The van der Waals surface area contributed by atoms with Crippen molar-refractivity contribution in [2.45, 2.75) is 19.4 Å². The summed E-state index contributed by atoms with van der Waals surface area (Å²) >= 11 is 0. The zero-order valence-electron chi connectivity index (χ0n) is 10.5. The molecule has 0 bridgehead atoms. The first-order chi connectivity index (χ1) is 8.84. The van der Waals surface area contributed by atoms with Gasteiger partial charge in [0.2, 0.25) is 5.88 Å². The lowest BCUT2D eigenvalue weighted by molar-refractivity contribution is 0.111. The van der Waals surface area contributed by atoms with Crippen LogP contribution in [0.4, 0.5) is 0 Å². The van der Waals surface area contributed by atoms with E-state index < -0.39 is 0 Å². The van der Waals surface area contributed by atoms with Crippen molar-refractivity contribution < 1.29 is 4.74 Å². The number of para-hydroxylation sites is 1. The van der Waals surface area contributed by atoms with E-state index in [4.69, 9.17) is 4.74 Å². The van der Waals surface area contributed by atoms with Crippen LogP contribution < -0.4 is 10.1 Å². The Balaban J connectivity index is 1.90. The van der Waals surface area contributed by atoms with Crippen LogP contribution >= 0.6 is 0 Å². The summed E-state index contributed by atoms with van der Waals surface area (Å²) in [6, 6.07) is 7.95. The molecule has 1 saturated heterocycles. The maximum atomic E-state index is 6.07. The molecule has 1 fully saturated rings. The molecule has 2 aromatic rings. The molecule has 0 aliphatic carbocycles. The Hall–Kier alpha value is -1.68. The molecule has 1 N–H and O–H groups in total. The van der Waals surface area contributed by atoms with Gasteiger partial charge in [0.25, 0.3) is 0 Å². The van der Waals surface area contributed by atoms with E-state index in [1.165, 1.54) is 0 Å². The van der Waals surface area contributed by atoms with Crippen molar-refractivity contribution in [2.75, 3.05) is 13.1 Å². The minimum Gasteiger partial charge on any atom is -0.472 e. The molecule has 0 amide bonds. The molecule has 0 saturated carbocycles. The summed E-state index contributed by atoms with van der Waals surface area (Å²) in [5.41, 5.74) is 0.930. The van der Waals surface area contributed by atoms with E-state index in [-0.39, 0.29) is 6.10 Å². The zero-order valence-corrected chi connectivity index (χ0v) is 10.5. The highest BCUT2D eigenvalue weighted by atomic mass is 16.5. The molecule has 18 heavy (non-hydrogen) atoms. The lowest BCUT2D eigenvalue weighted by atomic mass is 9.97. The van der Waals surface area contributed by atoms with Crippen molar-refractivity contribution in [3.05, 3.63) is 30.6 Å². The first-order valence-corrected chi connectivity index (χ1v) is 6.42. The molecule has 0 spiro atoms. The molecule has 2 unspecified atom stereocenters. The Bertz CT molecular complexity index is 538. The number of ether oxygens (including phenoxy) is 1. The standard InChI is InChI=1S/C14H17N3O/c1-10-6-7-15-8-13(10)18-14-11-4-2-3-5-12(11)16-9-17-14/h2-5,9-10,13,15H,6-8H2,1H3. The Morgan fingerprint density at radius 2 is 2.17 bits per heavy atom. The van der Waals surface area contributed by atoms with E-state index in [0.717, 1.165) is 30.4 Å². The molecule has 94 valence electrons. The molecule has 2 heterocycles. The van der Waals surface area contributed by atoms with Crippen molar-refractivity contribution >= 4 is 10.9 Å². The highest BCUT2D eigenvalue weighted by Crippen LogP contribution is 2.24. The topological polar surface area (TPSA) is 47.0 Å². The molecule has 1 aliphatic heterocycles. The smallest absolute Gasteiger partial charge is 0.224 e. The summed E-state index contributed by atoms with van der Waals surface area (Å²) in [4.78, 5) is 8.52. The predicted octanol–water partition coefficient (Wildman–Crippen LogP) is 2.01. The first-order valence-electron chi connectivity index (χ1n) is 6.42.